The molecule has 0 unspecified atom stereocenters. The highest BCUT2D eigenvalue weighted by Gasteiger charge is 1.99. The lowest BCUT2D eigenvalue weighted by Crippen LogP contribution is -1.85. The van der Waals surface area contributed by atoms with Gasteiger partial charge in [-0.25, -0.2) is 0 Å². The minimum Gasteiger partial charge on any atom is -0.457 e. The first-order valence-corrected chi connectivity index (χ1v) is 8.08. The number of hydrogen-bond acceptors (Lipinski definition) is 3. The van der Waals surface area contributed by atoms with Gasteiger partial charge in [-0.1, -0.05) is 30.3 Å². The molecule has 1 heterocycles. The zero-order valence-corrected chi connectivity index (χ0v) is 13.5. The topological polar surface area (TPSA) is 34.5 Å². The van der Waals surface area contributed by atoms with Crippen LogP contribution in [0.5, 0.6) is 11.5 Å². The molecule has 0 amide bonds. The molecule has 0 fully saturated rings. The van der Waals surface area contributed by atoms with Crippen LogP contribution in [0.25, 0.3) is 10.8 Å². The van der Waals surface area contributed by atoms with E-state index < -0.39 is 0 Å². The molecule has 0 saturated carbocycles. The molecule has 3 nitrogen and oxygen atoms in total. The van der Waals surface area contributed by atoms with Crippen LogP contribution >= 0.6 is 0 Å². The Labute approximate surface area is 146 Å². The summed E-state index contributed by atoms with van der Waals surface area (Å²) >= 11 is 0. The van der Waals surface area contributed by atoms with E-state index >= 15 is 0 Å². The van der Waals surface area contributed by atoms with Crippen LogP contribution in [-0.2, 0) is 0 Å². The quantitative estimate of drug-likeness (QED) is 0.446. The number of nitrogens with zero attached hydrogens (tertiary/aromatic N) is 2. The molecule has 0 aliphatic carbocycles. The van der Waals surface area contributed by atoms with E-state index in [-0.39, 0.29) is 0 Å². The molecule has 3 aromatic carbocycles. The third-order valence-corrected chi connectivity index (χ3v) is 3.87. The summed E-state index contributed by atoms with van der Waals surface area (Å²) in [4.78, 5) is 8.78. The van der Waals surface area contributed by atoms with E-state index in [9.17, 15) is 0 Å². The molecule has 4 rings (SSSR count). The van der Waals surface area contributed by atoms with Crippen molar-refractivity contribution in [3.8, 4) is 11.5 Å². The van der Waals surface area contributed by atoms with Crippen molar-refractivity contribution in [1.29, 1.82) is 0 Å². The summed E-state index contributed by atoms with van der Waals surface area (Å²) in [5.74, 6) is 1.63. The standard InChI is InChI=1S/C22H16N2O/c1-2-6-19(7-3-1)25-20-11-9-17(10-12-20)15-24-22-8-4-5-18-16-23-14-13-21(18)22/h1-16H. The Morgan fingerprint density at radius 2 is 1.56 bits per heavy atom. The van der Waals surface area contributed by atoms with Crippen molar-refractivity contribution in [2.24, 2.45) is 4.99 Å². The van der Waals surface area contributed by atoms with Gasteiger partial charge in [0.25, 0.3) is 0 Å². The molecule has 0 radical (unpaired) electrons. The van der Waals surface area contributed by atoms with Crippen LogP contribution in [0.1, 0.15) is 5.56 Å². The molecule has 0 saturated heterocycles. The lowest BCUT2D eigenvalue weighted by molar-refractivity contribution is 0.482. The first kappa shape index (κ1) is 15.1. The number of aromatic nitrogens is 1. The maximum atomic E-state index is 5.80. The van der Waals surface area contributed by atoms with Gasteiger partial charge in [0.2, 0.25) is 0 Å². The van der Waals surface area contributed by atoms with Gasteiger partial charge in [0, 0.05) is 29.4 Å². The highest BCUT2D eigenvalue weighted by molar-refractivity contribution is 5.94. The third kappa shape index (κ3) is 3.56. The van der Waals surface area contributed by atoms with Crippen LogP contribution in [0.3, 0.4) is 0 Å². The minimum atomic E-state index is 0.805. The van der Waals surface area contributed by atoms with Gasteiger partial charge >= 0.3 is 0 Å². The summed E-state index contributed by atoms with van der Waals surface area (Å²) in [5.41, 5.74) is 1.95. The van der Waals surface area contributed by atoms with Gasteiger partial charge in [0.15, 0.2) is 0 Å². The average molecular weight is 324 g/mol. The lowest BCUT2D eigenvalue weighted by Gasteiger charge is -2.05. The van der Waals surface area contributed by atoms with E-state index in [2.05, 4.69) is 9.98 Å². The van der Waals surface area contributed by atoms with Crippen molar-refractivity contribution >= 4 is 22.7 Å². The van der Waals surface area contributed by atoms with Crippen LogP contribution in [-0.4, -0.2) is 11.2 Å². The van der Waals surface area contributed by atoms with Crippen LogP contribution < -0.4 is 4.74 Å². The molecule has 0 bridgehead atoms. The maximum Gasteiger partial charge on any atom is 0.127 e. The molecule has 4 aromatic rings. The SMILES string of the molecule is C(=Nc1cccc2cnccc12)c1ccc(Oc2ccccc2)cc1. The second-order valence-electron chi connectivity index (χ2n) is 5.62. The maximum absolute atomic E-state index is 5.80. The molecule has 0 spiro atoms. The van der Waals surface area contributed by atoms with Gasteiger partial charge in [0.05, 0.1) is 5.69 Å². The Hall–Kier alpha value is -3.46. The Balaban J connectivity index is 1.53. The Morgan fingerprint density at radius 3 is 2.40 bits per heavy atom. The second kappa shape index (κ2) is 6.97. The number of para-hydroxylation sites is 1. The first-order chi connectivity index (χ1) is 12.4. The zero-order valence-electron chi connectivity index (χ0n) is 13.5. The van der Waals surface area contributed by atoms with Crippen molar-refractivity contribution in [2.75, 3.05) is 0 Å². The van der Waals surface area contributed by atoms with E-state index in [1.807, 2.05) is 91.3 Å². The summed E-state index contributed by atoms with van der Waals surface area (Å²) in [6.45, 7) is 0. The van der Waals surface area contributed by atoms with E-state index in [1.54, 1.807) is 6.20 Å². The summed E-state index contributed by atoms with van der Waals surface area (Å²) in [6.07, 6.45) is 5.50. The minimum absolute atomic E-state index is 0.805. The zero-order chi connectivity index (χ0) is 16.9. The van der Waals surface area contributed by atoms with E-state index in [0.29, 0.717) is 0 Å². The number of benzene rings is 3. The third-order valence-electron chi connectivity index (χ3n) is 3.87. The molecular formula is C22H16N2O. The number of fused-ring (bicyclic) bond motifs is 1. The van der Waals surface area contributed by atoms with Crippen LogP contribution in [0.2, 0.25) is 0 Å². The summed E-state index contributed by atoms with van der Waals surface area (Å²) in [5, 5.41) is 2.18. The average Bonchev–Trinajstić information content (AvgIpc) is 2.68. The highest BCUT2D eigenvalue weighted by atomic mass is 16.5. The van der Waals surface area contributed by atoms with Crippen LogP contribution in [0.4, 0.5) is 5.69 Å². The molecular weight excluding hydrogens is 308 g/mol. The van der Waals surface area contributed by atoms with Crippen LogP contribution in [0.15, 0.2) is 96.2 Å². The van der Waals surface area contributed by atoms with E-state index in [1.165, 1.54) is 0 Å². The number of ether oxygens (including phenoxy) is 1. The smallest absolute Gasteiger partial charge is 0.127 e. The highest BCUT2D eigenvalue weighted by Crippen LogP contribution is 2.25. The predicted molar refractivity (Wildman–Crippen MR) is 102 cm³/mol. The van der Waals surface area contributed by atoms with E-state index in [4.69, 9.17) is 4.74 Å². The fourth-order valence-electron chi connectivity index (χ4n) is 2.61. The molecule has 1 aromatic heterocycles. The van der Waals surface area contributed by atoms with E-state index in [0.717, 1.165) is 33.5 Å². The normalized spacial score (nSPS) is 11.0. The second-order valence-corrected chi connectivity index (χ2v) is 5.62. The van der Waals surface area contributed by atoms with Crippen molar-refractivity contribution in [3.05, 3.63) is 96.8 Å². The Morgan fingerprint density at radius 1 is 0.760 bits per heavy atom. The molecule has 3 heteroatoms. The van der Waals surface area contributed by atoms with Crippen molar-refractivity contribution in [2.45, 2.75) is 0 Å². The van der Waals surface area contributed by atoms with Gasteiger partial charge in [-0.05, 0) is 54.1 Å². The number of rotatable bonds is 4. The monoisotopic (exact) mass is 324 g/mol. The predicted octanol–water partition coefficient (Wildman–Crippen LogP) is 5.78. The molecule has 25 heavy (non-hydrogen) atoms. The number of hydrogen-bond donors (Lipinski definition) is 0. The fourth-order valence-corrected chi connectivity index (χ4v) is 2.61. The number of aliphatic imine (C=N–C) groups is 1. The van der Waals surface area contributed by atoms with Crippen molar-refractivity contribution in [3.63, 3.8) is 0 Å². The molecule has 0 aliphatic rings. The van der Waals surface area contributed by atoms with Gasteiger partial charge in [-0.2, -0.15) is 0 Å². The molecule has 0 N–H and O–H groups in total. The van der Waals surface area contributed by atoms with Crippen molar-refractivity contribution in [1.82, 2.24) is 4.98 Å². The van der Waals surface area contributed by atoms with Crippen molar-refractivity contribution < 1.29 is 4.74 Å². The summed E-state index contributed by atoms with van der Waals surface area (Å²) in [6, 6.07) is 25.7. The lowest BCUT2D eigenvalue weighted by atomic mass is 10.1. The van der Waals surface area contributed by atoms with Crippen LogP contribution in [0, 0.1) is 0 Å². The van der Waals surface area contributed by atoms with Gasteiger partial charge < -0.3 is 4.74 Å². The van der Waals surface area contributed by atoms with Gasteiger partial charge in [0.1, 0.15) is 11.5 Å². The number of pyridine rings is 1. The summed E-state index contributed by atoms with van der Waals surface area (Å²) < 4.78 is 5.80. The fraction of sp³-hybridized carbons (Fsp3) is 0. The van der Waals surface area contributed by atoms with Gasteiger partial charge in [-0.3, -0.25) is 9.98 Å². The Kier molecular flexibility index (Phi) is 4.21. The molecule has 0 aliphatic heterocycles. The summed E-state index contributed by atoms with van der Waals surface area (Å²) in [7, 11) is 0. The Bertz CT molecular complexity index is 1000. The first-order valence-electron chi connectivity index (χ1n) is 8.08. The van der Waals surface area contributed by atoms with Gasteiger partial charge in [-0.15, -0.1) is 0 Å². The molecule has 0 atom stereocenters. The largest absolute Gasteiger partial charge is 0.457 e. The molecule has 120 valence electrons.